The molecule has 0 aliphatic heterocycles. The van der Waals surface area contributed by atoms with Crippen molar-refractivity contribution < 1.29 is 18.6 Å². The normalized spacial score (nSPS) is 10.1. The second kappa shape index (κ2) is 5.95. The Morgan fingerprint density at radius 3 is 2.50 bits per heavy atom. The van der Waals surface area contributed by atoms with E-state index in [9.17, 15) is 0 Å². The number of oxazole rings is 1. The fraction of sp³-hybridized carbons (Fsp3) is 0.308. The summed E-state index contributed by atoms with van der Waals surface area (Å²) in [6, 6.07) is 7.31. The van der Waals surface area contributed by atoms with Crippen molar-refractivity contribution in [2.45, 2.75) is 13.5 Å². The van der Waals surface area contributed by atoms with E-state index in [0.29, 0.717) is 18.4 Å². The second-order valence-electron chi connectivity index (χ2n) is 3.47. The lowest BCUT2D eigenvalue weighted by Gasteiger charge is -2.04. The van der Waals surface area contributed by atoms with Crippen LogP contribution in [0, 0.1) is 0 Å². The van der Waals surface area contributed by atoms with E-state index in [2.05, 4.69) is 4.98 Å². The summed E-state index contributed by atoms with van der Waals surface area (Å²) < 4.78 is 21.1. The predicted molar refractivity (Wildman–Crippen MR) is 65.0 cm³/mol. The van der Waals surface area contributed by atoms with Gasteiger partial charge in [0.25, 0.3) is 0 Å². The first-order chi connectivity index (χ1) is 8.81. The summed E-state index contributed by atoms with van der Waals surface area (Å²) in [7, 11) is 1.62. The number of nitrogens with zero attached hydrogens (tertiary/aromatic N) is 1. The number of aromatic nitrogens is 1. The van der Waals surface area contributed by atoms with Crippen LogP contribution in [0.15, 0.2) is 34.9 Å². The third-order valence-corrected chi connectivity index (χ3v) is 2.24. The third kappa shape index (κ3) is 3.16. The van der Waals surface area contributed by atoms with E-state index in [4.69, 9.17) is 18.6 Å². The highest BCUT2D eigenvalue weighted by molar-refractivity contribution is 5.31. The molecule has 0 amide bonds. The SMILES string of the molecule is CCOc1cnc(COc2ccc(OC)cc2)o1. The maximum absolute atomic E-state index is 5.52. The van der Waals surface area contributed by atoms with Gasteiger partial charge in [-0.3, -0.25) is 0 Å². The standard InChI is InChI=1S/C13H15NO4/c1-3-16-13-8-14-12(18-13)9-17-11-6-4-10(15-2)5-7-11/h4-8H,3,9H2,1-2H3. The van der Waals surface area contributed by atoms with Crippen LogP contribution >= 0.6 is 0 Å². The van der Waals surface area contributed by atoms with Crippen LogP contribution in [0.2, 0.25) is 0 Å². The zero-order valence-corrected chi connectivity index (χ0v) is 10.4. The molecule has 0 saturated carbocycles. The Balaban J connectivity index is 1.89. The van der Waals surface area contributed by atoms with E-state index in [1.54, 1.807) is 7.11 Å². The molecule has 2 rings (SSSR count). The van der Waals surface area contributed by atoms with Crippen LogP contribution in [0.4, 0.5) is 0 Å². The summed E-state index contributed by atoms with van der Waals surface area (Å²) in [5.41, 5.74) is 0. The molecule has 0 bridgehead atoms. The van der Waals surface area contributed by atoms with Gasteiger partial charge in [-0.15, -0.1) is 0 Å². The summed E-state index contributed by atoms with van der Waals surface area (Å²) >= 11 is 0. The molecule has 0 radical (unpaired) electrons. The monoisotopic (exact) mass is 249 g/mol. The van der Waals surface area contributed by atoms with Crippen molar-refractivity contribution >= 4 is 0 Å². The Labute approximate surface area is 105 Å². The number of ether oxygens (including phenoxy) is 3. The van der Waals surface area contributed by atoms with Gasteiger partial charge in [-0.25, -0.2) is 4.98 Å². The first-order valence-corrected chi connectivity index (χ1v) is 5.66. The van der Waals surface area contributed by atoms with Crippen LogP contribution in [-0.2, 0) is 6.61 Å². The minimum atomic E-state index is 0.263. The summed E-state index contributed by atoms with van der Waals surface area (Å²) in [5.74, 6) is 2.41. The molecule has 96 valence electrons. The third-order valence-electron chi connectivity index (χ3n) is 2.24. The molecule has 1 aromatic carbocycles. The average Bonchev–Trinajstić information content (AvgIpc) is 2.85. The van der Waals surface area contributed by atoms with Gasteiger partial charge in [0.2, 0.25) is 5.89 Å². The largest absolute Gasteiger partial charge is 0.497 e. The topological polar surface area (TPSA) is 53.7 Å². The van der Waals surface area contributed by atoms with Crippen LogP contribution in [0.1, 0.15) is 12.8 Å². The zero-order chi connectivity index (χ0) is 12.8. The molecule has 0 aliphatic carbocycles. The van der Waals surface area contributed by atoms with Crippen LogP contribution in [0.3, 0.4) is 0 Å². The predicted octanol–water partition coefficient (Wildman–Crippen LogP) is 2.66. The molecule has 1 aromatic heterocycles. The molecule has 0 aliphatic rings. The van der Waals surface area contributed by atoms with Gasteiger partial charge in [0.05, 0.1) is 13.7 Å². The Morgan fingerprint density at radius 1 is 1.11 bits per heavy atom. The van der Waals surface area contributed by atoms with Gasteiger partial charge in [-0.1, -0.05) is 0 Å². The van der Waals surface area contributed by atoms with Gasteiger partial charge in [-0.2, -0.15) is 0 Å². The minimum absolute atomic E-state index is 0.263. The molecule has 18 heavy (non-hydrogen) atoms. The molecule has 0 spiro atoms. The van der Waals surface area contributed by atoms with Crippen molar-refractivity contribution in [2.75, 3.05) is 13.7 Å². The van der Waals surface area contributed by atoms with Gasteiger partial charge in [0.15, 0.2) is 6.61 Å². The van der Waals surface area contributed by atoms with E-state index in [0.717, 1.165) is 11.5 Å². The van der Waals surface area contributed by atoms with Crippen LogP contribution in [-0.4, -0.2) is 18.7 Å². The molecule has 0 fully saturated rings. The highest BCUT2D eigenvalue weighted by atomic mass is 16.6. The summed E-state index contributed by atoms with van der Waals surface area (Å²) in [5, 5.41) is 0. The van der Waals surface area contributed by atoms with Crippen LogP contribution in [0.25, 0.3) is 0 Å². The second-order valence-corrected chi connectivity index (χ2v) is 3.47. The van der Waals surface area contributed by atoms with Gasteiger partial charge in [0, 0.05) is 0 Å². The van der Waals surface area contributed by atoms with Crippen molar-refractivity contribution in [2.24, 2.45) is 0 Å². The van der Waals surface area contributed by atoms with Crippen LogP contribution in [0.5, 0.6) is 17.4 Å². The fourth-order valence-electron chi connectivity index (χ4n) is 1.39. The average molecular weight is 249 g/mol. The Morgan fingerprint density at radius 2 is 1.83 bits per heavy atom. The number of hydrogen-bond donors (Lipinski definition) is 0. The quantitative estimate of drug-likeness (QED) is 0.787. The minimum Gasteiger partial charge on any atom is -0.497 e. The van der Waals surface area contributed by atoms with Gasteiger partial charge < -0.3 is 18.6 Å². The number of methoxy groups -OCH3 is 1. The number of benzene rings is 1. The molecule has 0 unspecified atom stereocenters. The molecule has 0 atom stereocenters. The smallest absolute Gasteiger partial charge is 0.305 e. The molecule has 2 aromatic rings. The summed E-state index contributed by atoms with van der Waals surface area (Å²) in [6.07, 6.45) is 1.54. The summed E-state index contributed by atoms with van der Waals surface area (Å²) in [6.45, 7) is 2.70. The van der Waals surface area contributed by atoms with Crippen molar-refractivity contribution in [3.63, 3.8) is 0 Å². The lowest BCUT2D eigenvalue weighted by molar-refractivity contribution is 0.217. The highest BCUT2D eigenvalue weighted by Crippen LogP contribution is 2.19. The first kappa shape index (κ1) is 12.3. The van der Waals surface area contributed by atoms with E-state index >= 15 is 0 Å². The van der Waals surface area contributed by atoms with Crippen molar-refractivity contribution in [1.82, 2.24) is 4.98 Å². The van der Waals surface area contributed by atoms with Crippen molar-refractivity contribution in [3.05, 3.63) is 36.4 Å². The fourth-order valence-corrected chi connectivity index (χ4v) is 1.39. The molecule has 0 saturated heterocycles. The molecule has 5 nitrogen and oxygen atoms in total. The lowest BCUT2D eigenvalue weighted by Crippen LogP contribution is -1.95. The number of rotatable bonds is 6. The molecule has 1 heterocycles. The summed E-state index contributed by atoms with van der Waals surface area (Å²) in [4.78, 5) is 4.04. The van der Waals surface area contributed by atoms with Crippen molar-refractivity contribution in [1.29, 1.82) is 0 Å². The first-order valence-electron chi connectivity index (χ1n) is 5.66. The maximum atomic E-state index is 5.52. The lowest BCUT2D eigenvalue weighted by atomic mass is 10.3. The van der Waals surface area contributed by atoms with Crippen molar-refractivity contribution in [3.8, 4) is 17.4 Å². The van der Waals surface area contributed by atoms with Gasteiger partial charge >= 0.3 is 5.95 Å². The Kier molecular flexibility index (Phi) is 4.06. The van der Waals surface area contributed by atoms with Gasteiger partial charge in [0.1, 0.15) is 17.7 Å². The zero-order valence-electron chi connectivity index (χ0n) is 10.4. The van der Waals surface area contributed by atoms with Crippen LogP contribution < -0.4 is 14.2 Å². The van der Waals surface area contributed by atoms with E-state index < -0.39 is 0 Å². The van der Waals surface area contributed by atoms with E-state index in [1.165, 1.54) is 6.20 Å². The molecular weight excluding hydrogens is 234 g/mol. The van der Waals surface area contributed by atoms with E-state index in [-0.39, 0.29) is 6.61 Å². The molecule has 5 heteroatoms. The highest BCUT2D eigenvalue weighted by Gasteiger charge is 2.05. The maximum Gasteiger partial charge on any atom is 0.305 e. The molecular formula is C13H15NO4. The number of hydrogen-bond acceptors (Lipinski definition) is 5. The Hall–Kier alpha value is -2.17. The Bertz CT molecular complexity index is 478. The van der Waals surface area contributed by atoms with E-state index in [1.807, 2.05) is 31.2 Å². The molecule has 0 N–H and O–H groups in total. The van der Waals surface area contributed by atoms with Gasteiger partial charge in [-0.05, 0) is 31.2 Å².